The number of hydrogen-bond donors (Lipinski definition) is 0. The Morgan fingerprint density at radius 3 is 2.00 bits per heavy atom. The maximum absolute atomic E-state index is 12.7. The lowest BCUT2D eigenvalue weighted by molar-refractivity contribution is -0.144. The van der Waals surface area contributed by atoms with Crippen LogP contribution in [0, 0.1) is 0 Å². The quantitative estimate of drug-likeness (QED) is 0.126. The molecule has 7 heteroatoms. The summed E-state index contributed by atoms with van der Waals surface area (Å²) in [5, 5.41) is 0.0364. The summed E-state index contributed by atoms with van der Waals surface area (Å²) in [6.07, 6.45) is 1.24. The molecule has 35 heavy (non-hydrogen) atoms. The second-order valence-electron chi connectivity index (χ2n) is 8.62. The van der Waals surface area contributed by atoms with Gasteiger partial charge in [-0.05, 0) is 55.6 Å². The van der Waals surface area contributed by atoms with Gasteiger partial charge in [-0.1, -0.05) is 68.4 Å². The monoisotopic (exact) mass is 518 g/mol. The fourth-order valence-electron chi connectivity index (χ4n) is 3.83. The van der Waals surface area contributed by atoms with E-state index in [1.807, 2.05) is 51.1 Å². The first-order valence-electron chi connectivity index (χ1n) is 12.8. The fourth-order valence-corrected chi connectivity index (χ4v) is 7.90. The van der Waals surface area contributed by atoms with Crippen molar-refractivity contribution in [2.75, 3.05) is 25.6 Å². The molecular formula is C28H42O5SSi. The van der Waals surface area contributed by atoms with Crippen LogP contribution >= 0.6 is 11.8 Å². The van der Waals surface area contributed by atoms with E-state index in [4.69, 9.17) is 18.0 Å². The molecule has 0 N–H and O–H groups in total. The molecule has 0 bridgehead atoms. The van der Waals surface area contributed by atoms with Crippen molar-refractivity contribution in [2.45, 2.75) is 71.3 Å². The Labute approximate surface area is 217 Å². The van der Waals surface area contributed by atoms with Crippen LogP contribution in [0.3, 0.4) is 0 Å². The van der Waals surface area contributed by atoms with Gasteiger partial charge >= 0.3 is 14.8 Å². The fraction of sp³-hybridized carbons (Fsp3) is 0.536. The Morgan fingerprint density at radius 1 is 0.857 bits per heavy atom. The third-order valence-corrected chi connectivity index (χ3v) is 10.1. The van der Waals surface area contributed by atoms with E-state index in [0.717, 1.165) is 29.3 Å². The van der Waals surface area contributed by atoms with Crippen molar-refractivity contribution in [1.82, 2.24) is 0 Å². The molecule has 0 saturated carbocycles. The highest BCUT2D eigenvalue weighted by Crippen LogP contribution is 2.34. The minimum Gasteiger partial charge on any atom is -0.461 e. The molecule has 0 aliphatic rings. The first-order chi connectivity index (χ1) is 16.9. The number of thioether (sulfide) groups is 1. The number of ether oxygens (including phenoxy) is 1. The first kappa shape index (κ1) is 29.6. The number of carbonyl (C=O) groups is 1. The highest BCUT2D eigenvalue weighted by atomic mass is 32.2. The summed E-state index contributed by atoms with van der Waals surface area (Å²) >= 11 is 1.78. The second kappa shape index (κ2) is 16.2. The summed E-state index contributed by atoms with van der Waals surface area (Å²) < 4.78 is 23.5. The van der Waals surface area contributed by atoms with E-state index >= 15 is 0 Å². The molecule has 0 fully saturated rings. The average molecular weight is 519 g/mol. The van der Waals surface area contributed by atoms with Crippen molar-refractivity contribution in [2.24, 2.45) is 0 Å². The van der Waals surface area contributed by atoms with Crippen molar-refractivity contribution in [3.63, 3.8) is 0 Å². The average Bonchev–Trinajstić information content (AvgIpc) is 2.86. The molecule has 5 nitrogen and oxygen atoms in total. The van der Waals surface area contributed by atoms with Crippen molar-refractivity contribution in [3.8, 4) is 0 Å². The summed E-state index contributed by atoms with van der Waals surface area (Å²) in [7, 11) is -2.65. The Morgan fingerprint density at radius 2 is 1.46 bits per heavy atom. The first-order valence-corrected chi connectivity index (χ1v) is 15.7. The van der Waals surface area contributed by atoms with Crippen molar-refractivity contribution in [3.05, 3.63) is 71.3 Å². The molecule has 0 aromatic heterocycles. The molecular weight excluding hydrogens is 476 g/mol. The highest BCUT2D eigenvalue weighted by molar-refractivity contribution is 7.99. The molecule has 0 radical (unpaired) electrons. The molecule has 0 aliphatic heterocycles. The summed E-state index contributed by atoms with van der Waals surface area (Å²) in [4.78, 5) is 12.7. The van der Waals surface area contributed by atoms with E-state index in [1.165, 1.54) is 5.56 Å². The molecule has 0 aliphatic carbocycles. The number of hydrogen-bond acceptors (Lipinski definition) is 6. The van der Waals surface area contributed by atoms with Crippen LogP contribution in [0.25, 0.3) is 0 Å². The summed E-state index contributed by atoms with van der Waals surface area (Å²) in [5.74, 6) is 1.19. The Kier molecular flexibility index (Phi) is 13.7. The number of rotatable bonds is 17. The SMILES string of the molecule is CCO[Si](CCCSC(CC(=O)OCc1ccc(C(C)C)cc1)c1ccccc1)(OCC)OCC. The summed E-state index contributed by atoms with van der Waals surface area (Å²) in [6.45, 7) is 12.3. The van der Waals surface area contributed by atoms with Crippen LogP contribution in [-0.2, 0) is 29.4 Å². The Balaban J connectivity index is 1.93. The number of carbonyl (C=O) groups excluding carboxylic acids is 1. The van der Waals surface area contributed by atoms with E-state index in [0.29, 0.717) is 38.8 Å². The van der Waals surface area contributed by atoms with E-state index in [2.05, 4.69) is 38.1 Å². The van der Waals surface area contributed by atoms with Gasteiger partial charge in [-0.25, -0.2) is 0 Å². The molecule has 194 valence electrons. The molecule has 0 heterocycles. The summed E-state index contributed by atoms with van der Waals surface area (Å²) in [6, 6.07) is 19.2. The van der Waals surface area contributed by atoms with E-state index in [-0.39, 0.29) is 11.2 Å². The normalized spacial score (nSPS) is 12.6. The highest BCUT2D eigenvalue weighted by Gasteiger charge is 2.39. The van der Waals surface area contributed by atoms with E-state index in [9.17, 15) is 4.79 Å². The Bertz CT molecular complexity index is 827. The summed E-state index contributed by atoms with van der Waals surface area (Å²) in [5.41, 5.74) is 3.43. The van der Waals surface area contributed by atoms with Crippen molar-refractivity contribution < 1.29 is 22.8 Å². The third kappa shape index (κ3) is 10.5. The van der Waals surface area contributed by atoms with Crippen molar-refractivity contribution >= 4 is 26.5 Å². The van der Waals surface area contributed by atoms with Gasteiger partial charge in [0.05, 0.1) is 6.42 Å². The second-order valence-corrected chi connectivity index (χ2v) is 12.7. The largest absolute Gasteiger partial charge is 0.500 e. The molecule has 0 spiro atoms. The zero-order valence-corrected chi connectivity index (χ0v) is 23.8. The zero-order valence-electron chi connectivity index (χ0n) is 22.0. The minimum atomic E-state index is -2.65. The van der Waals surface area contributed by atoms with Gasteiger partial charge in [-0.3, -0.25) is 4.79 Å². The lowest BCUT2D eigenvalue weighted by atomic mass is 10.0. The van der Waals surface area contributed by atoms with Crippen LogP contribution in [0.5, 0.6) is 0 Å². The lowest BCUT2D eigenvalue weighted by Crippen LogP contribution is -2.46. The molecule has 2 aromatic carbocycles. The van der Waals surface area contributed by atoms with Crippen LogP contribution in [0.1, 0.15) is 75.3 Å². The van der Waals surface area contributed by atoms with Crippen LogP contribution in [0.2, 0.25) is 6.04 Å². The number of esters is 1. The van der Waals surface area contributed by atoms with Gasteiger partial charge in [0.1, 0.15) is 6.61 Å². The molecule has 0 amide bonds. The third-order valence-electron chi connectivity index (χ3n) is 5.61. The van der Waals surface area contributed by atoms with Gasteiger partial charge < -0.3 is 18.0 Å². The van der Waals surface area contributed by atoms with Crippen molar-refractivity contribution in [1.29, 1.82) is 0 Å². The van der Waals surface area contributed by atoms with Gasteiger partial charge in [-0.15, -0.1) is 0 Å². The lowest BCUT2D eigenvalue weighted by Gasteiger charge is -2.28. The predicted octanol–water partition coefficient (Wildman–Crippen LogP) is 7.16. The van der Waals surface area contributed by atoms with Gasteiger partial charge in [0.15, 0.2) is 0 Å². The van der Waals surface area contributed by atoms with Gasteiger partial charge in [-0.2, -0.15) is 11.8 Å². The smallest absolute Gasteiger partial charge is 0.461 e. The standard InChI is InChI=1S/C28H42O5SSi/c1-6-31-35(32-7-2,33-8-3)20-12-19-34-27(26-13-10-9-11-14-26)21-28(29)30-22-24-15-17-25(18-16-24)23(4)5/h9-11,13-18,23,27H,6-8,12,19-22H2,1-5H3. The van der Waals surface area contributed by atoms with E-state index in [1.54, 1.807) is 11.8 Å². The topological polar surface area (TPSA) is 54.0 Å². The molecule has 1 unspecified atom stereocenters. The molecule has 2 rings (SSSR count). The van der Waals surface area contributed by atoms with E-state index < -0.39 is 8.80 Å². The molecule has 0 saturated heterocycles. The van der Waals surface area contributed by atoms with Gasteiger partial charge in [0.25, 0.3) is 0 Å². The Hall–Kier alpha value is -1.64. The minimum absolute atomic E-state index is 0.0364. The number of benzene rings is 2. The maximum Gasteiger partial charge on any atom is 0.500 e. The van der Waals surface area contributed by atoms with Crippen LogP contribution in [0.15, 0.2) is 54.6 Å². The molecule has 1 atom stereocenters. The molecule has 2 aromatic rings. The maximum atomic E-state index is 12.7. The van der Waals surface area contributed by atoms with Crippen LogP contribution in [0.4, 0.5) is 0 Å². The van der Waals surface area contributed by atoms with Gasteiger partial charge in [0, 0.05) is 31.1 Å². The zero-order chi connectivity index (χ0) is 25.5. The van der Waals surface area contributed by atoms with Gasteiger partial charge in [0.2, 0.25) is 0 Å². The van der Waals surface area contributed by atoms with Crippen LogP contribution < -0.4 is 0 Å². The van der Waals surface area contributed by atoms with Crippen LogP contribution in [-0.4, -0.2) is 40.3 Å². The predicted molar refractivity (Wildman–Crippen MR) is 147 cm³/mol.